The molecule has 1 aromatic carbocycles. The van der Waals surface area contributed by atoms with Gasteiger partial charge < -0.3 is 14.6 Å². The largest absolute Gasteiger partial charge is 0.497 e. The molecular weight excluding hydrogens is 262 g/mol. The van der Waals surface area contributed by atoms with Crippen LogP contribution < -0.4 is 10.1 Å². The number of nitrogens with one attached hydrogen (secondary N) is 1. The molecule has 0 fully saturated rings. The van der Waals surface area contributed by atoms with Gasteiger partial charge in [0.05, 0.1) is 20.2 Å². The van der Waals surface area contributed by atoms with E-state index in [1.165, 1.54) is 0 Å². The zero-order valence-corrected chi connectivity index (χ0v) is 11.0. The van der Waals surface area contributed by atoms with Crippen LogP contribution in [0.1, 0.15) is 5.56 Å². The Morgan fingerprint density at radius 3 is 2.60 bits per heavy atom. The van der Waals surface area contributed by atoms with E-state index in [2.05, 4.69) is 17.2 Å². The normalized spacial score (nSPS) is 9.25. The second-order valence-corrected chi connectivity index (χ2v) is 3.72. The SMILES string of the molecule is COc1ccc(COC(=O)C#CCNCC(=O)O)cc1. The molecule has 6 heteroatoms. The number of methoxy groups -OCH3 is 1. The number of carboxylic acid groups (broad SMARTS) is 1. The van der Waals surface area contributed by atoms with Gasteiger partial charge in [0.25, 0.3) is 0 Å². The highest BCUT2D eigenvalue weighted by molar-refractivity contribution is 5.88. The number of hydrogen-bond donors (Lipinski definition) is 2. The third-order valence-corrected chi connectivity index (χ3v) is 2.21. The number of carbonyl (C=O) groups excluding carboxylic acids is 1. The Kier molecular flexibility index (Phi) is 6.65. The van der Waals surface area contributed by atoms with Crippen LogP contribution in [0.2, 0.25) is 0 Å². The van der Waals surface area contributed by atoms with Crippen molar-refractivity contribution in [3.8, 4) is 17.6 Å². The highest BCUT2D eigenvalue weighted by atomic mass is 16.5. The number of ether oxygens (including phenoxy) is 2. The fraction of sp³-hybridized carbons (Fsp3) is 0.286. The molecule has 20 heavy (non-hydrogen) atoms. The molecule has 0 aliphatic carbocycles. The molecule has 0 saturated carbocycles. The molecule has 0 aromatic heterocycles. The summed E-state index contributed by atoms with van der Waals surface area (Å²) in [6, 6.07) is 7.11. The van der Waals surface area contributed by atoms with Gasteiger partial charge in [-0.25, -0.2) is 4.79 Å². The number of benzene rings is 1. The van der Waals surface area contributed by atoms with E-state index in [9.17, 15) is 9.59 Å². The lowest BCUT2D eigenvalue weighted by Gasteiger charge is -2.03. The summed E-state index contributed by atoms with van der Waals surface area (Å²) < 4.78 is 9.94. The van der Waals surface area contributed by atoms with E-state index in [4.69, 9.17) is 14.6 Å². The van der Waals surface area contributed by atoms with Crippen LogP contribution >= 0.6 is 0 Å². The molecule has 0 spiro atoms. The molecule has 6 nitrogen and oxygen atoms in total. The second-order valence-electron chi connectivity index (χ2n) is 3.72. The molecule has 0 atom stereocenters. The Hall–Kier alpha value is -2.52. The van der Waals surface area contributed by atoms with E-state index < -0.39 is 11.9 Å². The van der Waals surface area contributed by atoms with Crippen molar-refractivity contribution in [1.82, 2.24) is 5.32 Å². The molecule has 0 bridgehead atoms. The first kappa shape index (κ1) is 15.5. The van der Waals surface area contributed by atoms with Crippen LogP contribution in [0.5, 0.6) is 5.75 Å². The third kappa shape index (κ3) is 6.42. The summed E-state index contributed by atoms with van der Waals surface area (Å²) in [5.74, 6) is 3.83. The first-order chi connectivity index (χ1) is 9.61. The topological polar surface area (TPSA) is 84.9 Å². The molecule has 0 amide bonds. The zero-order chi connectivity index (χ0) is 14.8. The molecule has 106 valence electrons. The van der Waals surface area contributed by atoms with Crippen LogP contribution in [0, 0.1) is 11.8 Å². The molecule has 0 unspecified atom stereocenters. The van der Waals surface area contributed by atoms with Crippen LogP contribution in [0.4, 0.5) is 0 Å². The molecule has 0 heterocycles. The predicted octanol–water partition coefficient (Wildman–Crippen LogP) is 0.416. The van der Waals surface area contributed by atoms with Gasteiger partial charge in [-0.2, -0.15) is 0 Å². The van der Waals surface area contributed by atoms with Crippen molar-refractivity contribution in [2.75, 3.05) is 20.2 Å². The molecule has 2 N–H and O–H groups in total. The van der Waals surface area contributed by atoms with Crippen molar-refractivity contribution >= 4 is 11.9 Å². The molecule has 0 aliphatic rings. The Morgan fingerprint density at radius 2 is 2.00 bits per heavy atom. The average molecular weight is 277 g/mol. The maximum Gasteiger partial charge on any atom is 0.384 e. The molecule has 0 saturated heterocycles. The van der Waals surface area contributed by atoms with Crippen LogP contribution in [0.15, 0.2) is 24.3 Å². The minimum absolute atomic E-state index is 0.115. The van der Waals surface area contributed by atoms with Crippen molar-refractivity contribution in [3.63, 3.8) is 0 Å². The van der Waals surface area contributed by atoms with Gasteiger partial charge in [-0.05, 0) is 17.7 Å². The van der Waals surface area contributed by atoms with Gasteiger partial charge in [0.15, 0.2) is 0 Å². The summed E-state index contributed by atoms with van der Waals surface area (Å²) in [6.07, 6.45) is 0. The summed E-state index contributed by atoms with van der Waals surface area (Å²) in [7, 11) is 1.57. The van der Waals surface area contributed by atoms with Gasteiger partial charge >= 0.3 is 11.9 Å². The van der Waals surface area contributed by atoms with Crippen molar-refractivity contribution in [2.45, 2.75) is 6.61 Å². The van der Waals surface area contributed by atoms with Gasteiger partial charge in [-0.15, -0.1) is 0 Å². The van der Waals surface area contributed by atoms with Crippen LogP contribution in [0.25, 0.3) is 0 Å². The lowest BCUT2D eigenvalue weighted by atomic mass is 10.2. The number of esters is 1. The number of rotatable bonds is 6. The Balaban J connectivity index is 2.28. The van der Waals surface area contributed by atoms with Crippen molar-refractivity contribution < 1.29 is 24.2 Å². The quantitative estimate of drug-likeness (QED) is 0.339. The third-order valence-electron chi connectivity index (χ3n) is 2.21. The maximum atomic E-state index is 11.3. The van der Waals surface area contributed by atoms with Crippen LogP contribution in [0.3, 0.4) is 0 Å². The summed E-state index contributed by atoms with van der Waals surface area (Å²) in [6.45, 7) is 0.0412. The molecule has 0 radical (unpaired) electrons. The van der Waals surface area contributed by atoms with E-state index in [1.54, 1.807) is 31.4 Å². The van der Waals surface area contributed by atoms with Gasteiger partial charge in [0, 0.05) is 5.92 Å². The summed E-state index contributed by atoms with van der Waals surface area (Å²) in [5.41, 5.74) is 0.824. The minimum atomic E-state index is -0.978. The van der Waals surface area contributed by atoms with Crippen molar-refractivity contribution in [2.24, 2.45) is 0 Å². The minimum Gasteiger partial charge on any atom is -0.497 e. The van der Waals surface area contributed by atoms with E-state index in [0.29, 0.717) is 0 Å². The first-order valence-electron chi connectivity index (χ1n) is 5.83. The highest BCUT2D eigenvalue weighted by Crippen LogP contribution is 2.11. The fourth-order valence-electron chi connectivity index (χ4n) is 1.26. The highest BCUT2D eigenvalue weighted by Gasteiger charge is 1.99. The van der Waals surface area contributed by atoms with E-state index in [-0.39, 0.29) is 19.7 Å². The van der Waals surface area contributed by atoms with Crippen LogP contribution in [-0.2, 0) is 20.9 Å². The predicted molar refractivity (Wildman–Crippen MR) is 71.1 cm³/mol. The molecule has 1 rings (SSSR count). The number of carbonyl (C=O) groups is 2. The smallest absolute Gasteiger partial charge is 0.384 e. The van der Waals surface area contributed by atoms with Crippen molar-refractivity contribution in [1.29, 1.82) is 0 Å². The zero-order valence-electron chi connectivity index (χ0n) is 11.0. The monoisotopic (exact) mass is 277 g/mol. The van der Waals surface area contributed by atoms with E-state index in [1.807, 2.05) is 0 Å². The summed E-state index contributed by atoms with van der Waals surface area (Å²) >= 11 is 0. The molecular formula is C14H15NO5. The van der Waals surface area contributed by atoms with Crippen molar-refractivity contribution in [3.05, 3.63) is 29.8 Å². The van der Waals surface area contributed by atoms with Gasteiger partial charge in [0.2, 0.25) is 0 Å². The van der Waals surface area contributed by atoms with Gasteiger partial charge in [-0.1, -0.05) is 18.1 Å². The lowest BCUT2D eigenvalue weighted by molar-refractivity contribution is -0.138. The van der Waals surface area contributed by atoms with Gasteiger partial charge in [-0.3, -0.25) is 10.1 Å². The maximum absolute atomic E-state index is 11.3. The van der Waals surface area contributed by atoms with Crippen LogP contribution in [-0.4, -0.2) is 37.2 Å². The average Bonchev–Trinajstić information content (AvgIpc) is 2.45. The number of aliphatic carboxylic acids is 1. The van der Waals surface area contributed by atoms with E-state index in [0.717, 1.165) is 11.3 Å². The summed E-state index contributed by atoms with van der Waals surface area (Å²) in [4.78, 5) is 21.5. The Bertz CT molecular complexity index is 513. The first-order valence-corrected chi connectivity index (χ1v) is 5.83. The van der Waals surface area contributed by atoms with Gasteiger partial charge in [0.1, 0.15) is 12.4 Å². The lowest BCUT2D eigenvalue weighted by Crippen LogP contribution is -2.22. The summed E-state index contributed by atoms with van der Waals surface area (Å²) in [5, 5.41) is 10.9. The molecule has 1 aromatic rings. The molecule has 0 aliphatic heterocycles. The number of hydrogen-bond acceptors (Lipinski definition) is 5. The Labute approximate surface area is 116 Å². The standard InChI is InChI=1S/C14H15NO5/c1-19-12-6-4-11(5-7-12)10-20-14(18)3-2-8-15-9-13(16)17/h4-7,15H,8-10H2,1H3,(H,16,17). The number of carboxylic acids is 1. The van der Waals surface area contributed by atoms with E-state index >= 15 is 0 Å². The fourth-order valence-corrected chi connectivity index (χ4v) is 1.26. The second kappa shape index (κ2) is 8.56. The Morgan fingerprint density at radius 1 is 1.30 bits per heavy atom.